The molecule has 2 saturated heterocycles. The van der Waals surface area contributed by atoms with Crippen LogP contribution < -0.4 is 5.32 Å². The van der Waals surface area contributed by atoms with Gasteiger partial charge in [0.05, 0.1) is 0 Å². The normalized spacial score (nSPS) is 31.8. The van der Waals surface area contributed by atoms with Crippen LogP contribution in [0.15, 0.2) is 0 Å². The third-order valence-electron chi connectivity index (χ3n) is 4.49. The number of nitrogens with zero attached hydrogens (tertiary/aromatic N) is 2. The number of nitrogens with one attached hydrogen (secondary N) is 1. The lowest BCUT2D eigenvalue weighted by Gasteiger charge is -2.43. The monoisotopic (exact) mass is 253 g/mol. The Bertz CT molecular complexity index is 254. The molecule has 3 atom stereocenters. The summed E-state index contributed by atoms with van der Waals surface area (Å²) in [4.78, 5) is 5.43. The Morgan fingerprint density at radius 2 is 2.00 bits per heavy atom. The molecule has 2 fully saturated rings. The van der Waals surface area contributed by atoms with Crippen molar-refractivity contribution < 1.29 is 0 Å². The van der Waals surface area contributed by atoms with Crippen molar-refractivity contribution in [2.75, 3.05) is 32.7 Å². The van der Waals surface area contributed by atoms with Gasteiger partial charge in [0, 0.05) is 37.8 Å². The van der Waals surface area contributed by atoms with E-state index in [0.717, 1.165) is 24.5 Å². The first-order valence-electron chi connectivity index (χ1n) is 7.77. The maximum atomic E-state index is 3.56. The van der Waals surface area contributed by atoms with Crippen LogP contribution in [0.3, 0.4) is 0 Å². The van der Waals surface area contributed by atoms with Gasteiger partial charge in [-0.05, 0) is 38.8 Å². The van der Waals surface area contributed by atoms with E-state index in [2.05, 4.69) is 42.8 Å². The Morgan fingerprint density at radius 1 is 1.22 bits per heavy atom. The van der Waals surface area contributed by atoms with Gasteiger partial charge in [0.25, 0.3) is 0 Å². The zero-order valence-electron chi connectivity index (χ0n) is 12.7. The van der Waals surface area contributed by atoms with E-state index >= 15 is 0 Å². The van der Waals surface area contributed by atoms with E-state index in [9.17, 15) is 0 Å². The van der Waals surface area contributed by atoms with Gasteiger partial charge in [-0.3, -0.25) is 9.80 Å². The Morgan fingerprint density at radius 3 is 2.72 bits per heavy atom. The minimum absolute atomic E-state index is 0.608. The maximum Gasteiger partial charge on any atom is 0.0224 e. The highest BCUT2D eigenvalue weighted by Crippen LogP contribution is 2.24. The summed E-state index contributed by atoms with van der Waals surface area (Å²) in [5.41, 5.74) is 0. The Kier molecular flexibility index (Phi) is 5.05. The molecule has 3 nitrogen and oxygen atoms in total. The quantitative estimate of drug-likeness (QED) is 0.806. The van der Waals surface area contributed by atoms with E-state index in [1.807, 2.05) is 0 Å². The molecule has 0 aromatic carbocycles. The molecule has 3 unspecified atom stereocenters. The SMILES string of the molecule is CC(CNC(C)C)CN1CC2CCCN2CC1C. The van der Waals surface area contributed by atoms with Crippen molar-refractivity contribution in [1.29, 1.82) is 0 Å². The van der Waals surface area contributed by atoms with Crippen molar-refractivity contribution in [3.63, 3.8) is 0 Å². The molecule has 0 amide bonds. The lowest BCUT2D eigenvalue weighted by atomic mass is 10.0. The van der Waals surface area contributed by atoms with Gasteiger partial charge >= 0.3 is 0 Å². The van der Waals surface area contributed by atoms with E-state index in [4.69, 9.17) is 0 Å². The summed E-state index contributed by atoms with van der Waals surface area (Å²) in [6.45, 7) is 15.6. The molecule has 2 aliphatic heterocycles. The number of rotatable bonds is 5. The van der Waals surface area contributed by atoms with Crippen molar-refractivity contribution >= 4 is 0 Å². The molecule has 1 N–H and O–H groups in total. The zero-order chi connectivity index (χ0) is 13.1. The third-order valence-corrected chi connectivity index (χ3v) is 4.49. The van der Waals surface area contributed by atoms with E-state index in [0.29, 0.717) is 6.04 Å². The molecule has 0 aromatic heterocycles. The molecule has 18 heavy (non-hydrogen) atoms. The standard InChI is InChI=1S/C15H31N3/c1-12(2)16-8-13(3)9-18-11-15-6-5-7-17(15)10-14(18)4/h12-16H,5-11H2,1-4H3. The van der Waals surface area contributed by atoms with Crippen molar-refractivity contribution in [3.8, 4) is 0 Å². The third kappa shape index (κ3) is 3.69. The van der Waals surface area contributed by atoms with E-state index < -0.39 is 0 Å². The first kappa shape index (κ1) is 14.3. The van der Waals surface area contributed by atoms with Crippen molar-refractivity contribution in [3.05, 3.63) is 0 Å². The molecule has 0 radical (unpaired) electrons. The molecule has 106 valence electrons. The summed E-state index contributed by atoms with van der Waals surface area (Å²) in [5.74, 6) is 0.753. The van der Waals surface area contributed by atoms with Gasteiger partial charge in [0.2, 0.25) is 0 Å². The topological polar surface area (TPSA) is 18.5 Å². The van der Waals surface area contributed by atoms with Crippen LogP contribution in [0, 0.1) is 5.92 Å². The van der Waals surface area contributed by atoms with Crippen LogP contribution in [0.5, 0.6) is 0 Å². The van der Waals surface area contributed by atoms with Gasteiger partial charge in [0.1, 0.15) is 0 Å². The molecular weight excluding hydrogens is 222 g/mol. The largest absolute Gasteiger partial charge is 0.314 e. The highest BCUT2D eigenvalue weighted by molar-refractivity contribution is 4.91. The number of fused-ring (bicyclic) bond motifs is 1. The molecule has 0 spiro atoms. The predicted octanol–water partition coefficient (Wildman–Crippen LogP) is 1.79. The minimum atomic E-state index is 0.608. The summed E-state index contributed by atoms with van der Waals surface area (Å²) in [5, 5.41) is 3.56. The molecule has 0 bridgehead atoms. The van der Waals surface area contributed by atoms with Crippen molar-refractivity contribution in [2.45, 2.75) is 58.7 Å². The van der Waals surface area contributed by atoms with Crippen LogP contribution in [0.25, 0.3) is 0 Å². The van der Waals surface area contributed by atoms with Crippen LogP contribution in [-0.2, 0) is 0 Å². The molecular formula is C15H31N3. The smallest absolute Gasteiger partial charge is 0.0224 e. The second-order valence-corrected chi connectivity index (χ2v) is 6.76. The van der Waals surface area contributed by atoms with Gasteiger partial charge < -0.3 is 5.32 Å². The van der Waals surface area contributed by atoms with Crippen LogP contribution >= 0.6 is 0 Å². The second-order valence-electron chi connectivity index (χ2n) is 6.76. The fourth-order valence-electron chi connectivity index (χ4n) is 3.40. The number of hydrogen-bond acceptors (Lipinski definition) is 3. The van der Waals surface area contributed by atoms with Gasteiger partial charge in [-0.15, -0.1) is 0 Å². The van der Waals surface area contributed by atoms with Crippen LogP contribution in [-0.4, -0.2) is 60.6 Å². The van der Waals surface area contributed by atoms with Gasteiger partial charge in [-0.1, -0.05) is 20.8 Å². The van der Waals surface area contributed by atoms with Crippen LogP contribution in [0.1, 0.15) is 40.5 Å². The van der Waals surface area contributed by atoms with Crippen molar-refractivity contribution in [2.24, 2.45) is 5.92 Å². The van der Waals surface area contributed by atoms with Crippen LogP contribution in [0.4, 0.5) is 0 Å². The molecule has 2 heterocycles. The summed E-state index contributed by atoms with van der Waals surface area (Å²) in [6, 6.07) is 2.20. The van der Waals surface area contributed by atoms with Gasteiger partial charge in [-0.25, -0.2) is 0 Å². The van der Waals surface area contributed by atoms with Crippen LogP contribution in [0.2, 0.25) is 0 Å². The zero-order valence-corrected chi connectivity index (χ0v) is 12.7. The van der Waals surface area contributed by atoms with E-state index in [-0.39, 0.29) is 0 Å². The number of hydrogen-bond donors (Lipinski definition) is 1. The first-order chi connectivity index (χ1) is 8.56. The minimum Gasteiger partial charge on any atom is -0.314 e. The summed E-state index contributed by atoms with van der Waals surface area (Å²) in [7, 11) is 0. The maximum absolute atomic E-state index is 3.56. The van der Waals surface area contributed by atoms with E-state index in [1.54, 1.807) is 0 Å². The highest BCUT2D eigenvalue weighted by atomic mass is 15.3. The lowest BCUT2D eigenvalue weighted by Crippen LogP contribution is -2.56. The second kappa shape index (κ2) is 6.36. The number of piperazine rings is 1. The summed E-state index contributed by atoms with van der Waals surface area (Å²) in [6.07, 6.45) is 2.83. The Hall–Kier alpha value is -0.120. The Balaban J connectivity index is 1.77. The molecule has 0 aliphatic carbocycles. The highest BCUT2D eigenvalue weighted by Gasteiger charge is 2.34. The fourth-order valence-corrected chi connectivity index (χ4v) is 3.40. The van der Waals surface area contributed by atoms with Crippen molar-refractivity contribution in [1.82, 2.24) is 15.1 Å². The van der Waals surface area contributed by atoms with Gasteiger partial charge in [-0.2, -0.15) is 0 Å². The predicted molar refractivity (Wildman–Crippen MR) is 77.9 cm³/mol. The average Bonchev–Trinajstić information content (AvgIpc) is 2.74. The Labute approximate surface area is 113 Å². The summed E-state index contributed by atoms with van der Waals surface area (Å²) < 4.78 is 0. The molecule has 0 saturated carbocycles. The molecule has 2 rings (SSSR count). The van der Waals surface area contributed by atoms with Gasteiger partial charge in [0.15, 0.2) is 0 Å². The molecule has 2 aliphatic rings. The average molecular weight is 253 g/mol. The van der Waals surface area contributed by atoms with E-state index in [1.165, 1.54) is 39.0 Å². The first-order valence-corrected chi connectivity index (χ1v) is 7.77. The fraction of sp³-hybridized carbons (Fsp3) is 1.00. The lowest BCUT2D eigenvalue weighted by molar-refractivity contribution is 0.0497. The molecule has 0 aromatic rings. The summed E-state index contributed by atoms with van der Waals surface area (Å²) >= 11 is 0. The molecule has 3 heteroatoms.